The van der Waals surface area contributed by atoms with Gasteiger partial charge in [0.2, 0.25) is 0 Å². The molecule has 0 radical (unpaired) electrons. The van der Waals surface area contributed by atoms with Crippen molar-refractivity contribution in [3.8, 4) is 0 Å². The summed E-state index contributed by atoms with van der Waals surface area (Å²) in [5.74, 6) is -0.250. The summed E-state index contributed by atoms with van der Waals surface area (Å²) in [5, 5.41) is 7.92. The molecule has 128 valence electrons. The molecule has 3 aromatic rings. The predicted octanol–water partition coefficient (Wildman–Crippen LogP) is 5.05. The van der Waals surface area contributed by atoms with E-state index in [9.17, 15) is 4.79 Å². The third-order valence-corrected chi connectivity index (χ3v) is 4.72. The number of amides is 1. The lowest BCUT2D eigenvalue weighted by Crippen LogP contribution is -2.15. The van der Waals surface area contributed by atoms with Crippen molar-refractivity contribution in [2.45, 2.75) is 19.9 Å². The number of nitrogens with zero attached hydrogens (tertiary/aromatic N) is 2. The molecule has 0 bridgehead atoms. The topological polar surface area (TPSA) is 46.9 Å². The summed E-state index contributed by atoms with van der Waals surface area (Å²) in [7, 11) is 0. The zero-order valence-corrected chi connectivity index (χ0v) is 15.2. The van der Waals surface area contributed by atoms with E-state index in [4.69, 9.17) is 23.2 Å². The summed E-state index contributed by atoms with van der Waals surface area (Å²) < 4.78 is 1.85. The number of aromatic nitrogens is 2. The first-order valence-corrected chi connectivity index (χ1v) is 8.69. The highest BCUT2D eigenvalue weighted by Gasteiger charge is 2.18. The third-order valence-electron chi connectivity index (χ3n) is 3.90. The van der Waals surface area contributed by atoms with E-state index >= 15 is 0 Å². The molecule has 6 heteroatoms. The Balaban J connectivity index is 1.85. The Morgan fingerprint density at radius 3 is 2.60 bits per heavy atom. The van der Waals surface area contributed by atoms with Crippen LogP contribution in [0.3, 0.4) is 0 Å². The molecule has 0 fully saturated rings. The van der Waals surface area contributed by atoms with Gasteiger partial charge in [-0.25, -0.2) is 0 Å². The van der Waals surface area contributed by atoms with Gasteiger partial charge in [0.1, 0.15) is 0 Å². The second-order valence-corrected chi connectivity index (χ2v) is 6.34. The van der Waals surface area contributed by atoms with E-state index in [1.807, 2.05) is 41.9 Å². The maximum atomic E-state index is 12.7. The molecule has 0 saturated carbocycles. The minimum absolute atomic E-state index is 0.250. The van der Waals surface area contributed by atoms with Crippen LogP contribution < -0.4 is 5.32 Å². The summed E-state index contributed by atoms with van der Waals surface area (Å²) in [4.78, 5) is 12.7. The summed E-state index contributed by atoms with van der Waals surface area (Å²) in [6, 6.07) is 15.1. The molecule has 1 heterocycles. The molecule has 2 aromatic carbocycles. The first-order chi connectivity index (χ1) is 12.1. The fourth-order valence-electron chi connectivity index (χ4n) is 2.66. The average Bonchev–Trinajstić information content (AvgIpc) is 3.02. The number of carbonyl (C=O) groups excluding carboxylic acids is 1. The molecule has 0 spiro atoms. The van der Waals surface area contributed by atoms with E-state index in [1.54, 1.807) is 24.4 Å². The molecule has 1 aromatic heterocycles. The van der Waals surface area contributed by atoms with E-state index in [-0.39, 0.29) is 5.91 Å². The van der Waals surface area contributed by atoms with Gasteiger partial charge in [0.25, 0.3) is 5.91 Å². The van der Waals surface area contributed by atoms with Crippen molar-refractivity contribution in [2.75, 3.05) is 5.32 Å². The largest absolute Gasteiger partial charge is 0.320 e. The Labute approximate surface area is 156 Å². The van der Waals surface area contributed by atoms with Crippen LogP contribution in [0.4, 0.5) is 5.69 Å². The van der Waals surface area contributed by atoms with Gasteiger partial charge in [-0.2, -0.15) is 5.10 Å². The minimum atomic E-state index is -0.250. The highest BCUT2D eigenvalue weighted by atomic mass is 35.5. The quantitative estimate of drug-likeness (QED) is 0.679. The standard InChI is InChI=1S/C19H17Cl2N3O/c1-2-17-14(11-22-24(17)12-13-7-4-3-5-8-13)19(25)23-16-10-6-9-15(20)18(16)21/h3-11H,2,12H2,1H3,(H,23,25). The van der Waals surface area contributed by atoms with Crippen LogP contribution >= 0.6 is 23.2 Å². The van der Waals surface area contributed by atoms with E-state index in [2.05, 4.69) is 10.4 Å². The van der Waals surface area contributed by atoms with Gasteiger partial charge >= 0.3 is 0 Å². The number of nitrogens with one attached hydrogen (secondary N) is 1. The molecule has 0 saturated heterocycles. The van der Waals surface area contributed by atoms with Crippen LogP contribution in [0.5, 0.6) is 0 Å². The molecule has 1 amide bonds. The number of hydrogen-bond acceptors (Lipinski definition) is 2. The average molecular weight is 374 g/mol. The first kappa shape index (κ1) is 17.5. The Kier molecular flexibility index (Phi) is 5.41. The van der Waals surface area contributed by atoms with Crippen molar-refractivity contribution in [1.29, 1.82) is 0 Å². The van der Waals surface area contributed by atoms with Crippen molar-refractivity contribution < 1.29 is 4.79 Å². The second kappa shape index (κ2) is 7.72. The monoisotopic (exact) mass is 373 g/mol. The SMILES string of the molecule is CCc1c(C(=O)Nc2cccc(Cl)c2Cl)cnn1Cc1ccccc1. The molecular weight excluding hydrogens is 357 g/mol. The lowest BCUT2D eigenvalue weighted by atomic mass is 10.1. The summed E-state index contributed by atoms with van der Waals surface area (Å²) in [5.41, 5.74) is 3.02. The van der Waals surface area contributed by atoms with Gasteiger partial charge in [-0.1, -0.05) is 66.5 Å². The third kappa shape index (κ3) is 3.86. The van der Waals surface area contributed by atoms with Gasteiger partial charge in [-0.05, 0) is 24.1 Å². The first-order valence-electron chi connectivity index (χ1n) is 7.94. The van der Waals surface area contributed by atoms with E-state index < -0.39 is 0 Å². The number of carbonyl (C=O) groups is 1. The highest BCUT2D eigenvalue weighted by molar-refractivity contribution is 6.44. The van der Waals surface area contributed by atoms with Gasteiger partial charge in [-0.3, -0.25) is 9.48 Å². The molecule has 4 nitrogen and oxygen atoms in total. The Morgan fingerprint density at radius 2 is 1.88 bits per heavy atom. The molecule has 25 heavy (non-hydrogen) atoms. The van der Waals surface area contributed by atoms with Gasteiger partial charge in [0.15, 0.2) is 0 Å². The molecule has 0 aliphatic heterocycles. The van der Waals surface area contributed by atoms with Gasteiger partial charge < -0.3 is 5.32 Å². The summed E-state index contributed by atoms with van der Waals surface area (Å²) >= 11 is 12.1. The number of rotatable bonds is 5. The Hall–Kier alpha value is -2.30. The summed E-state index contributed by atoms with van der Waals surface area (Å²) in [6.45, 7) is 2.62. The fourth-order valence-corrected chi connectivity index (χ4v) is 3.00. The summed E-state index contributed by atoms with van der Waals surface area (Å²) in [6.07, 6.45) is 2.29. The highest BCUT2D eigenvalue weighted by Crippen LogP contribution is 2.30. The van der Waals surface area contributed by atoms with Crippen LogP contribution in [0.1, 0.15) is 28.5 Å². The fraction of sp³-hybridized carbons (Fsp3) is 0.158. The van der Waals surface area contributed by atoms with E-state index in [1.165, 1.54) is 0 Å². The Morgan fingerprint density at radius 1 is 1.12 bits per heavy atom. The van der Waals surface area contributed by atoms with Crippen LogP contribution in [-0.2, 0) is 13.0 Å². The Bertz CT molecular complexity index is 891. The molecule has 0 unspecified atom stereocenters. The zero-order chi connectivity index (χ0) is 17.8. The lowest BCUT2D eigenvalue weighted by Gasteiger charge is -2.10. The van der Waals surface area contributed by atoms with Crippen molar-refractivity contribution in [2.24, 2.45) is 0 Å². The molecule has 0 aliphatic carbocycles. The van der Waals surface area contributed by atoms with Gasteiger partial charge in [-0.15, -0.1) is 0 Å². The van der Waals surface area contributed by atoms with E-state index in [0.717, 1.165) is 11.3 Å². The smallest absolute Gasteiger partial charge is 0.259 e. The van der Waals surface area contributed by atoms with Gasteiger partial charge in [0, 0.05) is 0 Å². The van der Waals surface area contributed by atoms with Crippen molar-refractivity contribution in [3.63, 3.8) is 0 Å². The number of hydrogen-bond donors (Lipinski definition) is 1. The number of anilines is 1. The van der Waals surface area contributed by atoms with Crippen molar-refractivity contribution >= 4 is 34.8 Å². The number of halogens is 2. The van der Waals surface area contributed by atoms with Crippen LogP contribution in [-0.4, -0.2) is 15.7 Å². The molecular formula is C19H17Cl2N3O. The van der Waals surface area contributed by atoms with Gasteiger partial charge in [0.05, 0.1) is 39.7 Å². The van der Waals surface area contributed by atoms with Crippen LogP contribution in [0.2, 0.25) is 10.0 Å². The number of benzene rings is 2. The predicted molar refractivity (Wildman–Crippen MR) is 102 cm³/mol. The minimum Gasteiger partial charge on any atom is -0.320 e. The molecule has 0 atom stereocenters. The lowest BCUT2D eigenvalue weighted by molar-refractivity contribution is 0.102. The van der Waals surface area contributed by atoms with Crippen LogP contribution in [0, 0.1) is 0 Å². The molecule has 3 rings (SSSR count). The van der Waals surface area contributed by atoms with E-state index in [0.29, 0.717) is 34.3 Å². The van der Waals surface area contributed by atoms with Crippen molar-refractivity contribution in [3.05, 3.63) is 81.6 Å². The molecule has 1 N–H and O–H groups in total. The van der Waals surface area contributed by atoms with Crippen LogP contribution in [0.25, 0.3) is 0 Å². The normalized spacial score (nSPS) is 10.7. The van der Waals surface area contributed by atoms with Crippen LogP contribution in [0.15, 0.2) is 54.7 Å². The van der Waals surface area contributed by atoms with Crippen molar-refractivity contribution in [1.82, 2.24) is 9.78 Å². The maximum absolute atomic E-state index is 12.7. The zero-order valence-electron chi connectivity index (χ0n) is 13.7. The molecule has 0 aliphatic rings. The maximum Gasteiger partial charge on any atom is 0.259 e. The second-order valence-electron chi connectivity index (χ2n) is 5.56.